The zero-order valence-corrected chi connectivity index (χ0v) is 48.4. The number of hydrogen-bond donors (Lipinski definition) is 6. The van der Waals surface area contributed by atoms with Gasteiger partial charge in [0.1, 0.15) is 39.3 Å². The monoisotopic (exact) mass is 1070 g/mol. The number of benzene rings is 10. The van der Waals surface area contributed by atoms with Crippen LogP contribution >= 0.6 is 0 Å². The average molecular weight is 1070 g/mol. The van der Waals surface area contributed by atoms with Gasteiger partial charge in [0, 0.05) is 70.1 Å². The minimum atomic E-state index is 0.766. The molecule has 0 aliphatic rings. The lowest BCUT2D eigenvalue weighted by Gasteiger charge is -2.14. The summed E-state index contributed by atoms with van der Waals surface area (Å²) in [5.74, 6) is 0. The van der Waals surface area contributed by atoms with E-state index in [-0.39, 0.29) is 0 Å². The molecular weight excluding hydrogens is 985 g/mol. The van der Waals surface area contributed by atoms with Crippen LogP contribution in [0.5, 0.6) is 0 Å². The molecule has 0 fully saturated rings. The molecule has 0 heterocycles. The van der Waals surface area contributed by atoms with Crippen molar-refractivity contribution >= 4 is 17.1 Å². The fraction of sp³-hybridized carbons (Fsp3) is 0.200. The predicted octanol–water partition coefficient (Wildman–Crippen LogP) is 14.2. The second kappa shape index (κ2) is 27.1. The first-order valence-electron chi connectivity index (χ1n) is 29.0. The van der Waals surface area contributed by atoms with Gasteiger partial charge in [0.15, 0.2) is 0 Å². The fourth-order valence-corrected chi connectivity index (χ4v) is 11.2. The van der Waals surface area contributed by atoms with Crippen molar-refractivity contribution in [3.8, 4) is 33.4 Å². The van der Waals surface area contributed by atoms with Crippen LogP contribution < -0.4 is 31.9 Å². The molecule has 0 aliphatic carbocycles. The number of hydrogen-bond acceptors (Lipinski definition) is 3. The molecule has 6 nitrogen and oxygen atoms in total. The molecule has 81 heavy (non-hydrogen) atoms. The van der Waals surface area contributed by atoms with Crippen LogP contribution in [0.15, 0.2) is 218 Å². The number of nitrogens with two attached hydrogens (primary N) is 3. The van der Waals surface area contributed by atoms with Crippen LogP contribution in [0.3, 0.4) is 0 Å². The largest absolute Gasteiger partial charge is 0.381 e. The highest BCUT2D eigenvalue weighted by Crippen LogP contribution is 2.35. The van der Waals surface area contributed by atoms with Gasteiger partial charge in [0.05, 0.1) is 0 Å². The van der Waals surface area contributed by atoms with Gasteiger partial charge in [0.25, 0.3) is 0 Å². The summed E-state index contributed by atoms with van der Waals surface area (Å²) < 4.78 is 0. The van der Waals surface area contributed by atoms with Crippen molar-refractivity contribution in [2.45, 2.75) is 100 Å². The number of aryl methyl sites for hydroxylation is 6. The number of anilines is 3. The molecule has 0 amide bonds. The first-order chi connectivity index (χ1) is 39.5. The number of rotatable bonds is 24. The Bertz CT molecular complexity index is 3180. The fourth-order valence-electron chi connectivity index (χ4n) is 11.2. The van der Waals surface area contributed by atoms with Crippen molar-refractivity contribution in [2.75, 3.05) is 16.0 Å². The lowest BCUT2D eigenvalue weighted by atomic mass is 9.93. The summed E-state index contributed by atoms with van der Waals surface area (Å²) in [6.45, 7) is 21.2. The van der Waals surface area contributed by atoms with Gasteiger partial charge in [-0.2, -0.15) is 0 Å². The molecule has 10 aromatic rings. The Kier molecular flexibility index (Phi) is 18.7. The highest BCUT2D eigenvalue weighted by atomic mass is 14.9. The normalized spacial score (nSPS) is 11.2. The Labute approximate surface area is 482 Å². The molecule has 0 unspecified atom stereocenters. The average Bonchev–Trinajstić information content (AvgIpc) is 3.46. The maximum absolute atomic E-state index is 3.67. The van der Waals surface area contributed by atoms with Crippen LogP contribution in [0, 0.1) is 41.5 Å². The van der Waals surface area contributed by atoms with Crippen LogP contribution in [-0.4, -0.2) is 0 Å². The highest BCUT2D eigenvalue weighted by Gasteiger charge is 2.11. The minimum Gasteiger partial charge on any atom is -0.381 e. The second-order valence-electron chi connectivity index (χ2n) is 22.6. The van der Waals surface area contributed by atoms with E-state index in [4.69, 9.17) is 0 Å². The first kappa shape index (κ1) is 55.8. The molecule has 0 saturated heterocycles. The molecule has 408 valence electrons. The predicted molar refractivity (Wildman–Crippen MR) is 340 cm³/mol. The summed E-state index contributed by atoms with van der Waals surface area (Å²) in [4.78, 5) is 0. The summed E-state index contributed by atoms with van der Waals surface area (Å²) in [5, 5.41) is 18.2. The van der Waals surface area contributed by atoms with Gasteiger partial charge >= 0.3 is 0 Å². The van der Waals surface area contributed by atoms with E-state index in [1.54, 1.807) is 0 Å². The summed E-state index contributed by atoms with van der Waals surface area (Å²) in [6.07, 6.45) is 0. The molecule has 6 heteroatoms. The third-order valence-corrected chi connectivity index (χ3v) is 15.3. The third kappa shape index (κ3) is 16.5. The molecule has 10 aromatic carbocycles. The van der Waals surface area contributed by atoms with Crippen molar-refractivity contribution in [1.82, 2.24) is 0 Å². The second-order valence-corrected chi connectivity index (χ2v) is 22.6. The number of quaternary nitrogens is 3. The van der Waals surface area contributed by atoms with E-state index in [0.29, 0.717) is 0 Å². The van der Waals surface area contributed by atoms with Crippen molar-refractivity contribution < 1.29 is 16.0 Å². The van der Waals surface area contributed by atoms with Crippen LogP contribution in [-0.2, 0) is 58.9 Å². The van der Waals surface area contributed by atoms with Crippen molar-refractivity contribution in [1.29, 1.82) is 0 Å². The molecule has 0 spiro atoms. The van der Waals surface area contributed by atoms with Gasteiger partial charge in [-0.3, -0.25) is 0 Å². The van der Waals surface area contributed by atoms with E-state index in [9.17, 15) is 0 Å². The van der Waals surface area contributed by atoms with E-state index in [2.05, 4.69) is 292 Å². The first-order valence-corrected chi connectivity index (χ1v) is 29.0. The third-order valence-electron chi connectivity index (χ3n) is 15.3. The van der Waals surface area contributed by atoms with Gasteiger partial charge in [-0.05, 0) is 146 Å². The van der Waals surface area contributed by atoms with Crippen LogP contribution in [0.4, 0.5) is 17.1 Å². The molecule has 10 rings (SSSR count). The minimum absolute atomic E-state index is 0.766. The Morgan fingerprint density at radius 2 is 0.420 bits per heavy atom. The smallest absolute Gasteiger partial charge is 0.102 e. The lowest BCUT2D eigenvalue weighted by Crippen LogP contribution is -2.80. The molecule has 0 aromatic heterocycles. The Morgan fingerprint density at radius 3 is 0.654 bits per heavy atom. The number of nitrogens with one attached hydrogen (secondary N) is 3. The van der Waals surface area contributed by atoms with Crippen LogP contribution in [0.25, 0.3) is 33.4 Å². The van der Waals surface area contributed by atoms with Crippen molar-refractivity contribution in [3.05, 3.63) is 302 Å². The topological polar surface area (TPSA) is 85.9 Å². The van der Waals surface area contributed by atoms with E-state index in [0.717, 1.165) is 76.0 Å². The van der Waals surface area contributed by atoms with Gasteiger partial charge in [-0.15, -0.1) is 0 Å². The summed E-state index contributed by atoms with van der Waals surface area (Å²) in [7, 11) is 0. The molecule has 9 N–H and O–H groups in total. The maximum Gasteiger partial charge on any atom is 0.102 e. The van der Waals surface area contributed by atoms with E-state index < -0.39 is 0 Å². The standard InChI is InChI=1S/C75H78N6/c1-52-31-53(2)35-64(34-52)46-76-43-58-7-13-61(14-8-58)49-79-73-25-19-67(20-26-73)70-40-71(68-21-27-74(28-22-68)80-50-62-15-9-59(10-16-62)44-77-47-65-36-54(3)32-55(4)37-65)42-72(41-70)69-23-29-75(30-24-69)81-51-63-17-11-60(12-18-63)45-78-48-66-38-56(5)33-57(6)39-66/h7-42,76-81H,43-51H2,1-6H3/p+3. The summed E-state index contributed by atoms with van der Waals surface area (Å²) in [6, 6.07) is 81.3. The van der Waals surface area contributed by atoms with E-state index in [1.165, 1.54) is 117 Å². The summed E-state index contributed by atoms with van der Waals surface area (Å²) >= 11 is 0. The Balaban J connectivity index is 0.779. The van der Waals surface area contributed by atoms with Gasteiger partial charge < -0.3 is 31.9 Å². The summed E-state index contributed by atoms with van der Waals surface area (Å²) in [5.41, 5.74) is 30.3. The van der Waals surface area contributed by atoms with Gasteiger partial charge in [0.2, 0.25) is 0 Å². The van der Waals surface area contributed by atoms with E-state index in [1.807, 2.05) is 0 Å². The van der Waals surface area contributed by atoms with E-state index >= 15 is 0 Å². The van der Waals surface area contributed by atoms with Crippen molar-refractivity contribution in [2.24, 2.45) is 0 Å². The highest BCUT2D eigenvalue weighted by molar-refractivity contribution is 5.82. The van der Waals surface area contributed by atoms with Gasteiger partial charge in [-0.25, -0.2) is 0 Å². The molecular formula is C75H81N6+3. The molecule has 0 bridgehead atoms. The maximum atomic E-state index is 3.67. The molecule has 0 atom stereocenters. The lowest BCUT2D eigenvalue weighted by molar-refractivity contribution is -0.686. The SMILES string of the molecule is Cc1cc(C)cc(C[NH2+]Cc2ccc(CNc3ccc(-c4cc(-c5ccc(NCc6ccc(C[NH2+]Cc7cc(C)cc(C)c7)cc6)cc5)cc(-c5ccc(NCc6ccc(C[NH2+]Cc7cc(C)cc(C)c7)cc6)cc5)c4)cc3)cc2)c1. The Morgan fingerprint density at radius 1 is 0.210 bits per heavy atom. The Hall–Kier alpha value is -8.52. The van der Waals surface area contributed by atoms with Gasteiger partial charge in [-0.1, -0.05) is 197 Å². The van der Waals surface area contributed by atoms with Crippen molar-refractivity contribution in [3.63, 3.8) is 0 Å². The molecule has 0 aliphatic heterocycles. The zero-order valence-electron chi connectivity index (χ0n) is 48.4. The zero-order chi connectivity index (χ0) is 55.9. The quantitative estimate of drug-likeness (QED) is 0.0365. The van der Waals surface area contributed by atoms with Crippen LogP contribution in [0.2, 0.25) is 0 Å². The molecule has 0 radical (unpaired) electrons. The van der Waals surface area contributed by atoms with Crippen LogP contribution in [0.1, 0.15) is 83.5 Å². The molecule has 0 saturated carbocycles.